The average molecular weight is 244 g/mol. The third-order valence-corrected chi connectivity index (χ3v) is 3.35. The van der Waals surface area contributed by atoms with E-state index in [9.17, 15) is 5.11 Å². The Hall–Kier alpha value is -1.61. The molecule has 0 spiro atoms. The van der Waals surface area contributed by atoms with Crippen molar-refractivity contribution in [2.75, 3.05) is 0 Å². The molecule has 1 atom stereocenters. The molecule has 1 aromatic carbocycles. The summed E-state index contributed by atoms with van der Waals surface area (Å²) >= 11 is 0. The van der Waals surface area contributed by atoms with Gasteiger partial charge in [-0.05, 0) is 38.0 Å². The molecule has 3 nitrogen and oxygen atoms in total. The number of aromatic nitrogens is 2. The maximum Gasteiger partial charge on any atom is 0.0926 e. The van der Waals surface area contributed by atoms with E-state index < -0.39 is 5.60 Å². The van der Waals surface area contributed by atoms with Crippen LogP contribution in [0.25, 0.3) is 0 Å². The second kappa shape index (κ2) is 4.58. The minimum absolute atomic E-state index is 0.565. The van der Waals surface area contributed by atoms with Gasteiger partial charge >= 0.3 is 0 Å². The quantitative estimate of drug-likeness (QED) is 0.900. The summed E-state index contributed by atoms with van der Waals surface area (Å²) < 4.78 is 1.84. The van der Waals surface area contributed by atoms with Crippen LogP contribution in [0.3, 0.4) is 0 Å². The summed E-state index contributed by atoms with van der Waals surface area (Å²) in [6.07, 6.45) is 0.565. The van der Waals surface area contributed by atoms with Gasteiger partial charge in [0.2, 0.25) is 0 Å². The summed E-state index contributed by atoms with van der Waals surface area (Å²) in [6.45, 7) is 5.85. The van der Waals surface area contributed by atoms with Gasteiger partial charge < -0.3 is 5.11 Å². The van der Waals surface area contributed by atoms with Crippen LogP contribution in [-0.2, 0) is 19.1 Å². The maximum absolute atomic E-state index is 10.7. The lowest BCUT2D eigenvalue weighted by Gasteiger charge is -2.25. The van der Waals surface area contributed by atoms with E-state index in [2.05, 4.69) is 5.10 Å². The highest BCUT2D eigenvalue weighted by atomic mass is 16.3. The second-order valence-corrected chi connectivity index (χ2v) is 5.17. The van der Waals surface area contributed by atoms with Crippen LogP contribution >= 0.6 is 0 Å². The Kier molecular flexibility index (Phi) is 3.26. The van der Waals surface area contributed by atoms with Crippen LogP contribution in [-0.4, -0.2) is 14.9 Å². The topological polar surface area (TPSA) is 38.0 Å². The van der Waals surface area contributed by atoms with Crippen molar-refractivity contribution < 1.29 is 5.11 Å². The summed E-state index contributed by atoms with van der Waals surface area (Å²) in [5.74, 6) is 0. The molecule has 96 valence electrons. The van der Waals surface area contributed by atoms with Gasteiger partial charge in [0.05, 0.1) is 11.3 Å². The molecule has 3 heteroatoms. The first-order chi connectivity index (χ1) is 8.40. The first-order valence-corrected chi connectivity index (χ1v) is 6.18. The normalized spacial score (nSPS) is 14.5. The van der Waals surface area contributed by atoms with E-state index in [0.717, 1.165) is 22.5 Å². The minimum atomic E-state index is -0.869. The molecule has 1 unspecified atom stereocenters. The van der Waals surface area contributed by atoms with Gasteiger partial charge in [0.25, 0.3) is 0 Å². The Morgan fingerprint density at radius 1 is 1.28 bits per heavy atom. The number of hydrogen-bond donors (Lipinski definition) is 1. The summed E-state index contributed by atoms with van der Waals surface area (Å²) in [7, 11) is 1.91. The predicted octanol–water partition coefficient (Wildman–Crippen LogP) is 2.49. The highest BCUT2D eigenvalue weighted by Crippen LogP contribution is 2.27. The zero-order chi connectivity index (χ0) is 13.3. The zero-order valence-electron chi connectivity index (χ0n) is 11.4. The Labute approximate surface area is 108 Å². The molecule has 0 amide bonds. The van der Waals surface area contributed by atoms with Crippen molar-refractivity contribution in [3.05, 3.63) is 52.8 Å². The van der Waals surface area contributed by atoms with Gasteiger partial charge in [-0.15, -0.1) is 0 Å². The Morgan fingerprint density at radius 3 is 2.50 bits per heavy atom. The van der Waals surface area contributed by atoms with Crippen LogP contribution in [0.15, 0.2) is 30.3 Å². The van der Waals surface area contributed by atoms with Crippen LogP contribution in [0.4, 0.5) is 0 Å². The van der Waals surface area contributed by atoms with E-state index >= 15 is 0 Å². The van der Waals surface area contributed by atoms with Crippen LogP contribution in [0.2, 0.25) is 0 Å². The van der Waals surface area contributed by atoms with Gasteiger partial charge in [-0.1, -0.05) is 24.3 Å². The number of nitrogens with zero attached hydrogens (tertiary/aromatic N) is 2. The molecule has 0 aliphatic heterocycles. The molecule has 0 saturated heterocycles. The number of benzene rings is 1. The SMILES string of the molecule is Cc1cc(CC(C)(O)c2ccccc2C)n(C)n1. The Balaban J connectivity index is 2.32. The number of aryl methyl sites for hydroxylation is 3. The Morgan fingerprint density at radius 2 is 1.94 bits per heavy atom. The third kappa shape index (κ3) is 2.46. The van der Waals surface area contributed by atoms with E-state index in [1.54, 1.807) is 0 Å². The predicted molar refractivity (Wildman–Crippen MR) is 72.4 cm³/mol. The molecular formula is C15H20N2O. The lowest BCUT2D eigenvalue weighted by molar-refractivity contribution is 0.0550. The molecule has 18 heavy (non-hydrogen) atoms. The Bertz CT molecular complexity index is 555. The molecule has 0 saturated carbocycles. The maximum atomic E-state index is 10.7. The van der Waals surface area contributed by atoms with Crippen LogP contribution in [0.5, 0.6) is 0 Å². The molecule has 0 aliphatic rings. The van der Waals surface area contributed by atoms with Gasteiger partial charge in [-0.2, -0.15) is 5.10 Å². The molecule has 1 aromatic heterocycles. The van der Waals surface area contributed by atoms with E-state index in [0.29, 0.717) is 6.42 Å². The van der Waals surface area contributed by atoms with Crippen molar-refractivity contribution in [3.63, 3.8) is 0 Å². The lowest BCUT2D eigenvalue weighted by Crippen LogP contribution is -2.26. The minimum Gasteiger partial charge on any atom is -0.385 e. The van der Waals surface area contributed by atoms with Gasteiger partial charge in [0.15, 0.2) is 0 Å². The standard InChI is InChI=1S/C15H20N2O/c1-11-7-5-6-8-14(11)15(3,18)10-13-9-12(2)16-17(13)4/h5-9,18H,10H2,1-4H3. The van der Waals surface area contributed by atoms with E-state index in [1.165, 1.54) is 0 Å². The highest BCUT2D eigenvalue weighted by molar-refractivity contribution is 5.32. The van der Waals surface area contributed by atoms with Crippen molar-refractivity contribution in [2.24, 2.45) is 7.05 Å². The first kappa shape index (κ1) is 12.8. The van der Waals surface area contributed by atoms with E-state index in [1.807, 2.05) is 62.8 Å². The van der Waals surface area contributed by atoms with Crippen molar-refractivity contribution in [3.8, 4) is 0 Å². The fourth-order valence-corrected chi connectivity index (χ4v) is 2.45. The van der Waals surface area contributed by atoms with Crippen LogP contribution in [0.1, 0.15) is 29.4 Å². The molecule has 0 radical (unpaired) electrons. The molecule has 1 heterocycles. The first-order valence-electron chi connectivity index (χ1n) is 6.18. The van der Waals surface area contributed by atoms with Gasteiger partial charge in [-0.25, -0.2) is 0 Å². The van der Waals surface area contributed by atoms with Crippen molar-refractivity contribution in [1.29, 1.82) is 0 Å². The molecule has 0 aliphatic carbocycles. The highest BCUT2D eigenvalue weighted by Gasteiger charge is 2.26. The fourth-order valence-electron chi connectivity index (χ4n) is 2.45. The van der Waals surface area contributed by atoms with Gasteiger partial charge in [0, 0.05) is 19.2 Å². The molecule has 2 aromatic rings. The third-order valence-electron chi connectivity index (χ3n) is 3.35. The van der Waals surface area contributed by atoms with E-state index in [-0.39, 0.29) is 0 Å². The summed E-state index contributed by atoms with van der Waals surface area (Å²) in [6, 6.07) is 9.98. The van der Waals surface area contributed by atoms with Crippen LogP contribution in [0, 0.1) is 13.8 Å². The van der Waals surface area contributed by atoms with Crippen molar-refractivity contribution >= 4 is 0 Å². The van der Waals surface area contributed by atoms with Crippen LogP contribution < -0.4 is 0 Å². The van der Waals surface area contributed by atoms with Crippen molar-refractivity contribution in [2.45, 2.75) is 32.8 Å². The van der Waals surface area contributed by atoms with Gasteiger partial charge in [0.1, 0.15) is 0 Å². The summed E-state index contributed by atoms with van der Waals surface area (Å²) in [5.41, 5.74) is 3.24. The molecule has 1 N–H and O–H groups in total. The average Bonchev–Trinajstić information content (AvgIpc) is 2.57. The largest absolute Gasteiger partial charge is 0.385 e. The molecular weight excluding hydrogens is 224 g/mol. The number of rotatable bonds is 3. The molecule has 2 rings (SSSR count). The van der Waals surface area contributed by atoms with Crippen molar-refractivity contribution in [1.82, 2.24) is 9.78 Å². The van der Waals surface area contributed by atoms with Gasteiger partial charge in [-0.3, -0.25) is 4.68 Å². The summed E-state index contributed by atoms with van der Waals surface area (Å²) in [5, 5.41) is 15.0. The molecule has 0 fully saturated rings. The molecule has 0 bridgehead atoms. The fraction of sp³-hybridized carbons (Fsp3) is 0.400. The number of aliphatic hydroxyl groups is 1. The summed E-state index contributed by atoms with van der Waals surface area (Å²) in [4.78, 5) is 0. The lowest BCUT2D eigenvalue weighted by atomic mass is 9.88. The van der Waals surface area contributed by atoms with E-state index in [4.69, 9.17) is 0 Å². The zero-order valence-corrected chi connectivity index (χ0v) is 11.4. The smallest absolute Gasteiger partial charge is 0.0926 e. The second-order valence-electron chi connectivity index (χ2n) is 5.17. The number of hydrogen-bond acceptors (Lipinski definition) is 2. The monoisotopic (exact) mass is 244 g/mol.